The molecule has 5 heteroatoms. The Labute approximate surface area is 98.8 Å². The third kappa shape index (κ3) is 2.30. The van der Waals surface area contributed by atoms with Crippen LogP contribution in [0.5, 0.6) is 0 Å². The van der Waals surface area contributed by atoms with Crippen molar-refractivity contribution in [3.63, 3.8) is 0 Å². The molecule has 0 fully saturated rings. The lowest BCUT2D eigenvalue weighted by atomic mass is 10.1. The SMILES string of the molecule is CC(C)c1cc(=S)nc(-c2cnccn2)[nH]1. The highest BCUT2D eigenvalue weighted by molar-refractivity contribution is 7.71. The summed E-state index contributed by atoms with van der Waals surface area (Å²) in [5, 5.41) is 0. The van der Waals surface area contributed by atoms with Gasteiger partial charge in [0.25, 0.3) is 0 Å². The molecule has 0 aliphatic heterocycles. The largest absolute Gasteiger partial charge is 0.342 e. The quantitative estimate of drug-likeness (QED) is 0.809. The minimum absolute atomic E-state index is 0.375. The molecule has 0 saturated heterocycles. The van der Waals surface area contributed by atoms with E-state index in [1.807, 2.05) is 6.07 Å². The Morgan fingerprint density at radius 1 is 1.31 bits per heavy atom. The van der Waals surface area contributed by atoms with E-state index in [-0.39, 0.29) is 0 Å². The summed E-state index contributed by atoms with van der Waals surface area (Å²) in [5.41, 5.74) is 1.76. The summed E-state index contributed by atoms with van der Waals surface area (Å²) in [6.45, 7) is 4.20. The van der Waals surface area contributed by atoms with Crippen molar-refractivity contribution >= 4 is 12.2 Å². The molecule has 0 spiro atoms. The van der Waals surface area contributed by atoms with E-state index in [1.165, 1.54) is 0 Å². The summed E-state index contributed by atoms with van der Waals surface area (Å²) in [6.07, 6.45) is 4.93. The topological polar surface area (TPSA) is 54.5 Å². The lowest BCUT2D eigenvalue weighted by Crippen LogP contribution is -1.99. The zero-order chi connectivity index (χ0) is 11.5. The van der Waals surface area contributed by atoms with Gasteiger partial charge in [0.1, 0.15) is 10.3 Å². The average molecular weight is 232 g/mol. The first kappa shape index (κ1) is 10.9. The number of aromatic nitrogens is 4. The summed E-state index contributed by atoms with van der Waals surface area (Å²) >= 11 is 5.13. The smallest absolute Gasteiger partial charge is 0.159 e. The van der Waals surface area contributed by atoms with E-state index in [9.17, 15) is 0 Å². The molecule has 2 aromatic heterocycles. The van der Waals surface area contributed by atoms with Gasteiger partial charge >= 0.3 is 0 Å². The van der Waals surface area contributed by atoms with Crippen LogP contribution in [-0.2, 0) is 0 Å². The Morgan fingerprint density at radius 3 is 2.75 bits per heavy atom. The summed E-state index contributed by atoms with van der Waals surface area (Å²) < 4.78 is 0.572. The van der Waals surface area contributed by atoms with Gasteiger partial charge in [-0.05, 0) is 12.0 Å². The van der Waals surface area contributed by atoms with Gasteiger partial charge in [-0.3, -0.25) is 4.98 Å². The minimum atomic E-state index is 0.375. The molecular formula is C11H12N4S. The van der Waals surface area contributed by atoms with E-state index in [2.05, 4.69) is 33.8 Å². The normalized spacial score (nSPS) is 10.7. The van der Waals surface area contributed by atoms with Crippen molar-refractivity contribution in [2.24, 2.45) is 0 Å². The zero-order valence-electron chi connectivity index (χ0n) is 9.14. The minimum Gasteiger partial charge on any atom is -0.342 e. The maximum atomic E-state index is 5.13. The molecule has 0 aliphatic rings. The Kier molecular flexibility index (Phi) is 3.05. The fraction of sp³-hybridized carbons (Fsp3) is 0.273. The molecule has 0 aromatic carbocycles. The maximum Gasteiger partial charge on any atom is 0.159 e. The molecule has 2 aromatic rings. The molecule has 0 unspecified atom stereocenters. The highest BCUT2D eigenvalue weighted by Gasteiger charge is 2.05. The van der Waals surface area contributed by atoms with Crippen molar-refractivity contribution in [1.29, 1.82) is 0 Å². The third-order valence-electron chi connectivity index (χ3n) is 2.19. The summed E-state index contributed by atoms with van der Waals surface area (Å²) in [4.78, 5) is 15.7. The second kappa shape index (κ2) is 4.49. The Hall–Kier alpha value is -1.62. The lowest BCUT2D eigenvalue weighted by molar-refractivity contribution is 0.813. The van der Waals surface area contributed by atoms with Gasteiger partial charge in [0.05, 0.1) is 6.20 Å². The van der Waals surface area contributed by atoms with Crippen molar-refractivity contribution in [2.75, 3.05) is 0 Å². The van der Waals surface area contributed by atoms with E-state index in [0.717, 1.165) is 5.69 Å². The molecule has 2 rings (SSSR count). The van der Waals surface area contributed by atoms with Crippen LogP contribution in [-0.4, -0.2) is 19.9 Å². The van der Waals surface area contributed by atoms with Crippen LogP contribution in [0, 0.1) is 4.64 Å². The van der Waals surface area contributed by atoms with Crippen LogP contribution >= 0.6 is 12.2 Å². The van der Waals surface area contributed by atoms with E-state index in [4.69, 9.17) is 12.2 Å². The molecule has 0 saturated carbocycles. The average Bonchev–Trinajstić information content (AvgIpc) is 2.29. The molecular weight excluding hydrogens is 220 g/mol. The van der Waals surface area contributed by atoms with Gasteiger partial charge in [0, 0.05) is 18.1 Å². The van der Waals surface area contributed by atoms with Crippen LogP contribution in [0.25, 0.3) is 11.5 Å². The number of rotatable bonds is 2. The monoisotopic (exact) mass is 232 g/mol. The van der Waals surface area contributed by atoms with Crippen LogP contribution in [0.15, 0.2) is 24.7 Å². The van der Waals surface area contributed by atoms with Crippen molar-refractivity contribution in [3.8, 4) is 11.5 Å². The fourth-order valence-corrected chi connectivity index (χ4v) is 1.55. The highest BCUT2D eigenvalue weighted by atomic mass is 32.1. The first-order valence-electron chi connectivity index (χ1n) is 5.04. The van der Waals surface area contributed by atoms with Crippen LogP contribution < -0.4 is 0 Å². The van der Waals surface area contributed by atoms with Gasteiger partial charge in [-0.25, -0.2) is 9.97 Å². The van der Waals surface area contributed by atoms with Crippen LogP contribution in [0.4, 0.5) is 0 Å². The molecule has 4 nitrogen and oxygen atoms in total. The standard InChI is InChI=1S/C11H12N4S/c1-7(2)8-5-10(16)15-11(14-8)9-6-12-3-4-13-9/h3-7H,1-2H3,(H,14,15,16). The molecule has 0 atom stereocenters. The highest BCUT2D eigenvalue weighted by Crippen LogP contribution is 2.15. The van der Waals surface area contributed by atoms with E-state index in [0.29, 0.717) is 22.1 Å². The van der Waals surface area contributed by atoms with Crippen LogP contribution in [0.3, 0.4) is 0 Å². The van der Waals surface area contributed by atoms with E-state index in [1.54, 1.807) is 18.6 Å². The summed E-state index contributed by atoms with van der Waals surface area (Å²) in [5.74, 6) is 1.05. The third-order valence-corrected chi connectivity index (χ3v) is 2.40. The first-order chi connectivity index (χ1) is 7.66. The molecule has 1 N–H and O–H groups in total. The maximum absolute atomic E-state index is 5.13. The molecule has 0 amide bonds. The molecule has 0 bridgehead atoms. The predicted molar refractivity (Wildman–Crippen MR) is 64.5 cm³/mol. The fourth-order valence-electron chi connectivity index (χ4n) is 1.33. The van der Waals surface area contributed by atoms with Crippen molar-refractivity contribution < 1.29 is 0 Å². The lowest BCUT2D eigenvalue weighted by Gasteiger charge is -2.07. The van der Waals surface area contributed by atoms with Crippen molar-refractivity contribution in [1.82, 2.24) is 19.9 Å². The molecule has 82 valence electrons. The van der Waals surface area contributed by atoms with Gasteiger partial charge in [-0.15, -0.1) is 0 Å². The first-order valence-corrected chi connectivity index (χ1v) is 5.45. The molecule has 0 aliphatic carbocycles. The summed E-state index contributed by atoms with van der Waals surface area (Å²) in [6, 6.07) is 1.87. The Bertz CT molecular complexity index is 533. The van der Waals surface area contributed by atoms with E-state index < -0.39 is 0 Å². The summed E-state index contributed by atoms with van der Waals surface area (Å²) in [7, 11) is 0. The van der Waals surface area contributed by atoms with Gasteiger partial charge in [-0.1, -0.05) is 26.1 Å². The van der Waals surface area contributed by atoms with Crippen LogP contribution in [0.2, 0.25) is 0 Å². The van der Waals surface area contributed by atoms with E-state index >= 15 is 0 Å². The second-order valence-corrected chi connectivity index (χ2v) is 4.19. The van der Waals surface area contributed by atoms with Gasteiger partial charge in [0.2, 0.25) is 0 Å². The number of hydrogen-bond donors (Lipinski definition) is 1. The predicted octanol–water partition coefficient (Wildman–Crippen LogP) is 2.72. The van der Waals surface area contributed by atoms with Gasteiger partial charge in [0.15, 0.2) is 5.82 Å². The number of hydrogen-bond acceptors (Lipinski definition) is 4. The number of nitrogens with zero attached hydrogens (tertiary/aromatic N) is 3. The van der Waals surface area contributed by atoms with Crippen LogP contribution in [0.1, 0.15) is 25.5 Å². The molecule has 2 heterocycles. The number of nitrogens with one attached hydrogen (secondary N) is 1. The van der Waals surface area contributed by atoms with Crippen molar-refractivity contribution in [3.05, 3.63) is 35.0 Å². The second-order valence-electron chi connectivity index (χ2n) is 3.77. The Balaban J connectivity index is 2.54. The van der Waals surface area contributed by atoms with Crippen molar-refractivity contribution in [2.45, 2.75) is 19.8 Å². The van der Waals surface area contributed by atoms with Gasteiger partial charge in [-0.2, -0.15) is 0 Å². The number of aromatic amines is 1. The Morgan fingerprint density at radius 2 is 2.12 bits per heavy atom. The molecule has 16 heavy (non-hydrogen) atoms. The van der Waals surface area contributed by atoms with Gasteiger partial charge < -0.3 is 4.98 Å². The number of H-pyrrole nitrogens is 1. The molecule has 0 radical (unpaired) electrons. The zero-order valence-corrected chi connectivity index (χ0v) is 9.95.